The van der Waals surface area contributed by atoms with E-state index in [-0.39, 0.29) is 17.2 Å². The van der Waals surface area contributed by atoms with Crippen LogP contribution in [0, 0.1) is 0 Å². The van der Waals surface area contributed by atoms with Gasteiger partial charge < -0.3 is 5.32 Å². The Bertz CT molecular complexity index is 1060. The number of hydrogen-bond donors (Lipinski definition) is 1. The Morgan fingerprint density at radius 1 is 1.17 bits per heavy atom. The topological polar surface area (TPSA) is 64.0 Å². The smallest absolute Gasteiger partial charge is 0.288 e. The molecule has 1 aromatic heterocycles. The van der Waals surface area contributed by atoms with E-state index in [2.05, 4.69) is 10.3 Å². The highest BCUT2D eigenvalue weighted by atomic mass is 32.2. The molecule has 1 amide bonds. The van der Waals surface area contributed by atoms with Gasteiger partial charge in [0.15, 0.2) is 5.16 Å². The first-order chi connectivity index (χ1) is 14.0. The van der Waals surface area contributed by atoms with Crippen molar-refractivity contribution in [3.8, 4) is 0 Å². The van der Waals surface area contributed by atoms with Crippen LogP contribution in [-0.4, -0.2) is 27.0 Å². The molecule has 0 radical (unpaired) electrons. The second-order valence-corrected chi connectivity index (χ2v) is 8.11. The Morgan fingerprint density at radius 2 is 1.90 bits per heavy atom. The predicted octanol–water partition coefficient (Wildman–Crippen LogP) is 4.85. The summed E-state index contributed by atoms with van der Waals surface area (Å²) in [6.07, 6.45) is 0.767. The van der Waals surface area contributed by atoms with Gasteiger partial charge in [-0.15, -0.1) is 0 Å². The molecule has 0 saturated carbocycles. The largest absolute Gasteiger partial charge is 0.325 e. The van der Waals surface area contributed by atoms with Crippen LogP contribution in [0.25, 0.3) is 10.9 Å². The zero-order valence-electron chi connectivity index (χ0n) is 15.6. The number of carbonyl (C=O) groups is 1. The molecule has 0 atom stereocenters. The molecule has 2 aromatic carbocycles. The van der Waals surface area contributed by atoms with E-state index >= 15 is 0 Å². The van der Waals surface area contributed by atoms with Crippen LogP contribution in [0.3, 0.4) is 0 Å². The summed E-state index contributed by atoms with van der Waals surface area (Å²) >= 11 is 1.64. The van der Waals surface area contributed by atoms with Crippen molar-refractivity contribution in [2.75, 3.05) is 11.1 Å². The molecule has 1 N–H and O–H groups in total. The third kappa shape index (κ3) is 5.57. The molecule has 9 heteroatoms. The zero-order chi connectivity index (χ0) is 20.8. The number of halogens is 2. The van der Waals surface area contributed by atoms with Gasteiger partial charge in [0.25, 0.3) is 11.3 Å². The molecule has 29 heavy (non-hydrogen) atoms. The predicted molar refractivity (Wildman–Crippen MR) is 114 cm³/mol. The highest BCUT2D eigenvalue weighted by Gasteiger charge is 2.13. The molecule has 0 unspecified atom stereocenters. The highest BCUT2D eigenvalue weighted by Crippen LogP contribution is 2.26. The molecule has 0 aliphatic heterocycles. The molecule has 1 heterocycles. The second-order valence-electron chi connectivity index (χ2n) is 6.11. The summed E-state index contributed by atoms with van der Waals surface area (Å²) in [7, 11) is 0. The van der Waals surface area contributed by atoms with E-state index in [0.29, 0.717) is 44.9 Å². The minimum Gasteiger partial charge on any atom is -0.325 e. The maximum Gasteiger partial charge on any atom is 0.288 e. The fourth-order valence-electron chi connectivity index (χ4n) is 2.73. The number of anilines is 1. The Labute approximate surface area is 174 Å². The Balaban J connectivity index is 1.70. The second kappa shape index (κ2) is 9.89. The van der Waals surface area contributed by atoms with Crippen LogP contribution >= 0.6 is 23.5 Å². The van der Waals surface area contributed by atoms with Crippen LogP contribution in [0.1, 0.15) is 13.3 Å². The highest BCUT2D eigenvalue weighted by molar-refractivity contribution is 8.00. The van der Waals surface area contributed by atoms with Gasteiger partial charge in [0.1, 0.15) is 0 Å². The summed E-state index contributed by atoms with van der Waals surface area (Å²) in [5.74, 6) is -2.68. The first kappa shape index (κ1) is 21.3. The fourth-order valence-corrected chi connectivity index (χ4v) is 4.05. The van der Waals surface area contributed by atoms with Crippen molar-refractivity contribution in [3.63, 3.8) is 0 Å². The summed E-state index contributed by atoms with van der Waals surface area (Å²) in [6.45, 7) is 2.49. The minimum absolute atomic E-state index is 0.0715. The maximum atomic E-state index is 12.7. The van der Waals surface area contributed by atoms with Gasteiger partial charge in [-0.3, -0.25) is 14.2 Å². The monoisotopic (exact) mass is 435 g/mol. The number of para-hydroxylation sites is 1. The SMILES string of the molecule is CCCn1c(SCC(=O)Nc2ccc(SC(F)F)cc2)nc2ccccc2c1=O. The molecular formula is C20H19F2N3O2S2. The van der Waals surface area contributed by atoms with E-state index < -0.39 is 5.76 Å². The minimum atomic E-state index is -2.48. The van der Waals surface area contributed by atoms with Gasteiger partial charge in [-0.2, -0.15) is 8.78 Å². The van der Waals surface area contributed by atoms with Gasteiger partial charge in [0, 0.05) is 17.1 Å². The van der Waals surface area contributed by atoms with E-state index in [9.17, 15) is 18.4 Å². The number of benzene rings is 2. The van der Waals surface area contributed by atoms with Crippen LogP contribution in [-0.2, 0) is 11.3 Å². The van der Waals surface area contributed by atoms with Crippen LogP contribution in [0.4, 0.5) is 14.5 Å². The third-order valence-electron chi connectivity index (χ3n) is 3.97. The number of carbonyl (C=O) groups excluding carboxylic acids is 1. The van der Waals surface area contributed by atoms with Crippen molar-refractivity contribution >= 4 is 46.0 Å². The normalized spacial score (nSPS) is 11.2. The molecule has 0 fully saturated rings. The van der Waals surface area contributed by atoms with Crippen molar-refractivity contribution in [3.05, 3.63) is 58.9 Å². The third-order valence-corrected chi connectivity index (χ3v) is 5.67. The summed E-state index contributed by atoms with van der Waals surface area (Å²) in [5.41, 5.74) is 0.999. The molecule has 152 valence electrons. The lowest BCUT2D eigenvalue weighted by Gasteiger charge is -2.12. The molecule has 0 spiro atoms. The van der Waals surface area contributed by atoms with Crippen LogP contribution in [0.2, 0.25) is 0 Å². The Morgan fingerprint density at radius 3 is 2.59 bits per heavy atom. The van der Waals surface area contributed by atoms with Crippen molar-refractivity contribution in [1.29, 1.82) is 0 Å². The van der Waals surface area contributed by atoms with E-state index in [1.165, 1.54) is 23.9 Å². The number of aromatic nitrogens is 2. The van der Waals surface area contributed by atoms with Gasteiger partial charge in [0.05, 0.1) is 16.7 Å². The quantitative estimate of drug-likeness (QED) is 0.405. The Hall–Kier alpha value is -2.39. The number of fused-ring (bicyclic) bond motifs is 1. The number of nitrogens with zero attached hydrogens (tertiary/aromatic N) is 2. The fraction of sp³-hybridized carbons (Fsp3) is 0.250. The average molecular weight is 436 g/mol. The first-order valence-electron chi connectivity index (χ1n) is 8.95. The van der Waals surface area contributed by atoms with Crippen LogP contribution in [0.15, 0.2) is 63.4 Å². The lowest BCUT2D eigenvalue weighted by atomic mass is 10.2. The molecule has 0 aliphatic carbocycles. The molecule has 0 aliphatic rings. The average Bonchev–Trinajstić information content (AvgIpc) is 2.70. The molecule has 3 rings (SSSR count). The molecule has 0 saturated heterocycles. The maximum absolute atomic E-state index is 12.7. The molecular weight excluding hydrogens is 416 g/mol. The number of nitrogens with one attached hydrogen (secondary N) is 1. The number of rotatable bonds is 8. The van der Waals surface area contributed by atoms with Crippen molar-refractivity contribution in [2.24, 2.45) is 0 Å². The number of amides is 1. The van der Waals surface area contributed by atoms with E-state index in [0.717, 1.165) is 6.42 Å². The zero-order valence-corrected chi connectivity index (χ0v) is 17.2. The Kier molecular flexibility index (Phi) is 7.27. The van der Waals surface area contributed by atoms with Gasteiger partial charge in [-0.1, -0.05) is 42.6 Å². The molecule has 0 bridgehead atoms. The lowest BCUT2D eigenvalue weighted by molar-refractivity contribution is -0.113. The number of hydrogen-bond acceptors (Lipinski definition) is 5. The number of thioether (sulfide) groups is 2. The van der Waals surface area contributed by atoms with Crippen LogP contribution < -0.4 is 10.9 Å². The summed E-state index contributed by atoms with van der Waals surface area (Å²) in [4.78, 5) is 30.0. The van der Waals surface area contributed by atoms with Crippen molar-refractivity contribution < 1.29 is 13.6 Å². The summed E-state index contributed by atoms with van der Waals surface area (Å²) in [5, 5.41) is 3.77. The van der Waals surface area contributed by atoms with Crippen LogP contribution in [0.5, 0.6) is 0 Å². The van der Waals surface area contributed by atoms with Crippen molar-refractivity contribution in [1.82, 2.24) is 9.55 Å². The van der Waals surface area contributed by atoms with Gasteiger partial charge >= 0.3 is 0 Å². The number of alkyl halides is 2. The summed E-state index contributed by atoms with van der Waals surface area (Å²) < 4.78 is 26.3. The van der Waals surface area contributed by atoms with Crippen molar-refractivity contribution in [2.45, 2.75) is 35.7 Å². The molecule has 3 aromatic rings. The van der Waals surface area contributed by atoms with Gasteiger partial charge in [0.2, 0.25) is 5.91 Å². The van der Waals surface area contributed by atoms with Gasteiger partial charge in [-0.05, 0) is 42.8 Å². The van der Waals surface area contributed by atoms with Gasteiger partial charge in [-0.25, -0.2) is 4.98 Å². The van der Waals surface area contributed by atoms with E-state index in [1.807, 2.05) is 13.0 Å². The standard InChI is InChI=1S/C20H19F2N3O2S2/c1-2-11-25-18(27)15-5-3-4-6-16(15)24-20(25)28-12-17(26)23-13-7-9-14(10-8-13)29-19(21)22/h3-10,19H,2,11-12H2,1H3,(H,23,26). The molecule has 5 nitrogen and oxygen atoms in total. The first-order valence-corrected chi connectivity index (χ1v) is 10.8. The van der Waals surface area contributed by atoms with E-state index in [1.54, 1.807) is 34.9 Å². The lowest BCUT2D eigenvalue weighted by Crippen LogP contribution is -2.24. The summed E-state index contributed by atoms with van der Waals surface area (Å²) in [6, 6.07) is 13.4. The van der Waals surface area contributed by atoms with E-state index in [4.69, 9.17) is 0 Å².